The maximum atomic E-state index is 13.0. The van der Waals surface area contributed by atoms with E-state index in [0.717, 1.165) is 20.6 Å². The average Bonchev–Trinajstić information content (AvgIpc) is 2.95. The van der Waals surface area contributed by atoms with E-state index in [4.69, 9.17) is 16.3 Å². The standard InChI is InChI=1S/C22H15ClN2O4S/c23-22-16(11-15-5-1-2-8-17(15)24-22)13-29-20(26)12-25-18-9-3-6-14-7-4-10-19(21(14)18)30(25,27)28/h1-11H,12-13H2. The monoisotopic (exact) mass is 438 g/mol. The minimum Gasteiger partial charge on any atom is -0.459 e. The Morgan fingerprint density at radius 1 is 1.00 bits per heavy atom. The van der Waals surface area contributed by atoms with Crippen molar-refractivity contribution in [3.05, 3.63) is 77.4 Å². The fourth-order valence-corrected chi connectivity index (χ4v) is 5.54. The lowest BCUT2D eigenvalue weighted by Crippen LogP contribution is -2.33. The third kappa shape index (κ3) is 2.98. The molecule has 1 aliphatic rings. The first-order chi connectivity index (χ1) is 14.4. The number of sulfonamides is 1. The molecule has 0 aliphatic carbocycles. The number of carbonyl (C=O) groups is 1. The fraction of sp³-hybridized carbons (Fsp3) is 0.0909. The SMILES string of the molecule is O=C(CN1c2cccc3cccc(c23)S1(=O)=O)OCc1cc2ccccc2nc1Cl. The second-order valence-electron chi connectivity index (χ2n) is 6.93. The van der Waals surface area contributed by atoms with Gasteiger partial charge in [0.25, 0.3) is 10.0 Å². The van der Waals surface area contributed by atoms with Crippen LogP contribution >= 0.6 is 11.6 Å². The summed E-state index contributed by atoms with van der Waals surface area (Å²) in [5.74, 6) is -0.674. The van der Waals surface area contributed by atoms with Crippen LogP contribution in [0.2, 0.25) is 5.15 Å². The van der Waals surface area contributed by atoms with Gasteiger partial charge in [-0.15, -0.1) is 0 Å². The number of aromatic nitrogens is 1. The Kier molecular flexibility index (Phi) is 4.38. The Bertz CT molecular complexity index is 1430. The summed E-state index contributed by atoms with van der Waals surface area (Å²) < 4.78 is 32.4. The van der Waals surface area contributed by atoms with Crippen LogP contribution in [0.4, 0.5) is 5.69 Å². The zero-order chi connectivity index (χ0) is 20.9. The van der Waals surface area contributed by atoms with E-state index in [-0.39, 0.29) is 16.7 Å². The second-order valence-corrected chi connectivity index (χ2v) is 9.12. The first kappa shape index (κ1) is 18.8. The fourth-order valence-electron chi connectivity index (χ4n) is 3.69. The number of rotatable bonds is 4. The molecular weight excluding hydrogens is 424 g/mol. The molecule has 2 heterocycles. The molecule has 150 valence electrons. The maximum Gasteiger partial charge on any atom is 0.327 e. The molecule has 0 amide bonds. The summed E-state index contributed by atoms with van der Waals surface area (Å²) in [5, 5.41) is 2.54. The van der Waals surface area contributed by atoms with Crippen LogP contribution < -0.4 is 4.31 Å². The van der Waals surface area contributed by atoms with Crippen molar-refractivity contribution in [3.63, 3.8) is 0 Å². The number of carbonyl (C=O) groups excluding carboxylic acids is 1. The lowest BCUT2D eigenvalue weighted by Gasteiger charge is -2.18. The van der Waals surface area contributed by atoms with Crippen molar-refractivity contribution in [2.24, 2.45) is 0 Å². The van der Waals surface area contributed by atoms with Crippen molar-refractivity contribution >= 4 is 55.0 Å². The number of hydrogen-bond donors (Lipinski definition) is 0. The van der Waals surface area contributed by atoms with E-state index in [1.165, 1.54) is 0 Å². The molecular formula is C22H15ClN2O4S. The molecule has 0 atom stereocenters. The highest BCUT2D eigenvalue weighted by Gasteiger charge is 2.36. The molecule has 4 aromatic rings. The summed E-state index contributed by atoms with van der Waals surface area (Å²) in [4.78, 5) is 17.0. The minimum atomic E-state index is -3.82. The smallest absolute Gasteiger partial charge is 0.327 e. The minimum absolute atomic E-state index is 0.0967. The third-order valence-corrected chi connectivity index (χ3v) is 7.22. The summed E-state index contributed by atoms with van der Waals surface area (Å²) in [6, 6.07) is 19.7. The Balaban J connectivity index is 1.38. The lowest BCUT2D eigenvalue weighted by molar-refractivity contribution is -0.143. The van der Waals surface area contributed by atoms with E-state index >= 15 is 0 Å². The number of esters is 1. The van der Waals surface area contributed by atoms with Gasteiger partial charge in [0.15, 0.2) is 0 Å². The van der Waals surface area contributed by atoms with Crippen molar-refractivity contribution in [2.45, 2.75) is 11.5 Å². The van der Waals surface area contributed by atoms with Gasteiger partial charge in [-0.25, -0.2) is 13.4 Å². The third-order valence-electron chi connectivity index (χ3n) is 5.09. The molecule has 0 saturated heterocycles. The normalized spacial score (nSPS) is 14.4. The predicted octanol–water partition coefficient (Wildman–Crippen LogP) is 4.29. The number of hydrogen-bond acceptors (Lipinski definition) is 5. The van der Waals surface area contributed by atoms with Crippen LogP contribution in [-0.2, 0) is 26.2 Å². The highest BCUT2D eigenvalue weighted by atomic mass is 35.5. The molecule has 6 nitrogen and oxygen atoms in total. The largest absolute Gasteiger partial charge is 0.459 e. The van der Waals surface area contributed by atoms with Crippen LogP contribution in [0.1, 0.15) is 5.56 Å². The van der Waals surface area contributed by atoms with Crippen LogP contribution in [0, 0.1) is 0 Å². The molecule has 0 saturated carbocycles. The molecule has 0 N–H and O–H groups in total. The molecule has 1 aliphatic heterocycles. The molecule has 8 heteroatoms. The van der Waals surface area contributed by atoms with E-state index in [9.17, 15) is 13.2 Å². The van der Waals surface area contributed by atoms with Gasteiger partial charge in [-0.05, 0) is 29.7 Å². The zero-order valence-electron chi connectivity index (χ0n) is 15.6. The average molecular weight is 439 g/mol. The van der Waals surface area contributed by atoms with Gasteiger partial charge in [0.1, 0.15) is 18.3 Å². The molecule has 0 radical (unpaired) electrons. The molecule has 3 aromatic carbocycles. The summed E-state index contributed by atoms with van der Waals surface area (Å²) >= 11 is 6.21. The molecule has 0 unspecified atom stereocenters. The van der Waals surface area contributed by atoms with Crippen molar-refractivity contribution in [1.29, 1.82) is 0 Å². The predicted molar refractivity (Wildman–Crippen MR) is 115 cm³/mol. The number of para-hydroxylation sites is 1. The molecule has 0 bridgehead atoms. The number of pyridine rings is 1. The Morgan fingerprint density at radius 3 is 2.57 bits per heavy atom. The van der Waals surface area contributed by atoms with Crippen LogP contribution in [-0.4, -0.2) is 25.9 Å². The van der Waals surface area contributed by atoms with E-state index < -0.39 is 22.5 Å². The molecule has 0 spiro atoms. The maximum absolute atomic E-state index is 13.0. The number of ether oxygens (including phenoxy) is 1. The molecule has 30 heavy (non-hydrogen) atoms. The van der Waals surface area contributed by atoms with Gasteiger partial charge in [-0.1, -0.05) is 54.1 Å². The van der Waals surface area contributed by atoms with E-state index in [0.29, 0.717) is 16.6 Å². The Labute approximate surface area is 177 Å². The Hall–Kier alpha value is -3.16. The van der Waals surface area contributed by atoms with Crippen molar-refractivity contribution in [1.82, 2.24) is 4.98 Å². The highest BCUT2D eigenvalue weighted by Crippen LogP contribution is 2.41. The summed E-state index contributed by atoms with van der Waals surface area (Å²) in [6.45, 7) is -0.519. The van der Waals surface area contributed by atoms with Gasteiger partial charge in [0.2, 0.25) is 0 Å². The second kappa shape index (κ2) is 6.97. The first-order valence-electron chi connectivity index (χ1n) is 9.19. The quantitative estimate of drug-likeness (QED) is 0.351. The van der Waals surface area contributed by atoms with Gasteiger partial charge in [-0.3, -0.25) is 9.10 Å². The van der Waals surface area contributed by atoms with Gasteiger partial charge in [0.05, 0.1) is 16.1 Å². The van der Waals surface area contributed by atoms with Crippen LogP contribution in [0.25, 0.3) is 21.7 Å². The summed E-state index contributed by atoms with van der Waals surface area (Å²) in [7, 11) is -3.82. The first-order valence-corrected chi connectivity index (χ1v) is 11.0. The van der Waals surface area contributed by atoms with Crippen molar-refractivity contribution < 1.29 is 17.9 Å². The summed E-state index contributed by atoms with van der Waals surface area (Å²) in [5.41, 5.74) is 1.77. The van der Waals surface area contributed by atoms with Crippen LogP contribution in [0.5, 0.6) is 0 Å². The van der Waals surface area contributed by atoms with Crippen LogP contribution in [0.3, 0.4) is 0 Å². The topological polar surface area (TPSA) is 76.6 Å². The number of fused-ring (bicyclic) bond motifs is 1. The number of benzene rings is 3. The Morgan fingerprint density at radius 2 is 1.73 bits per heavy atom. The van der Waals surface area contributed by atoms with Gasteiger partial charge < -0.3 is 4.74 Å². The number of anilines is 1. The highest BCUT2D eigenvalue weighted by molar-refractivity contribution is 7.93. The molecule has 5 rings (SSSR count). The summed E-state index contributed by atoms with van der Waals surface area (Å²) in [6.07, 6.45) is 0. The van der Waals surface area contributed by atoms with Crippen LogP contribution in [0.15, 0.2) is 71.6 Å². The van der Waals surface area contributed by atoms with Gasteiger partial charge in [0, 0.05) is 16.3 Å². The number of halogens is 1. The molecule has 0 fully saturated rings. The lowest BCUT2D eigenvalue weighted by atomic mass is 10.1. The molecule has 1 aromatic heterocycles. The van der Waals surface area contributed by atoms with Gasteiger partial charge >= 0.3 is 5.97 Å². The van der Waals surface area contributed by atoms with Crippen molar-refractivity contribution in [3.8, 4) is 0 Å². The van der Waals surface area contributed by atoms with E-state index in [1.54, 1.807) is 30.3 Å². The van der Waals surface area contributed by atoms with E-state index in [2.05, 4.69) is 4.98 Å². The van der Waals surface area contributed by atoms with E-state index in [1.807, 2.05) is 36.4 Å². The van der Waals surface area contributed by atoms with Crippen molar-refractivity contribution in [2.75, 3.05) is 10.8 Å². The number of nitrogens with zero attached hydrogens (tertiary/aromatic N) is 2. The van der Waals surface area contributed by atoms with Gasteiger partial charge in [-0.2, -0.15) is 0 Å². The zero-order valence-corrected chi connectivity index (χ0v) is 17.2.